The van der Waals surface area contributed by atoms with Crippen molar-refractivity contribution in [3.63, 3.8) is 0 Å². The number of rotatable bonds is 9. The highest BCUT2D eigenvalue weighted by atomic mass is 32.2. The second-order valence-corrected chi connectivity index (χ2v) is 10.6. The summed E-state index contributed by atoms with van der Waals surface area (Å²) in [6.45, 7) is 1.55. The highest BCUT2D eigenvalue weighted by Gasteiger charge is 2.27. The topological polar surface area (TPSA) is 157 Å². The van der Waals surface area contributed by atoms with E-state index in [9.17, 15) is 17.2 Å². The summed E-state index contributed by atoms with van der Waals surface area (Å²) in [4.78, 5) is 7.92. The summed E-state index contributed by atoms with van der Waals surface area (Å²) in [6.07, 6.45) is 1.26. The fourth-order valence-corrected chi connectivity index (χ4v) is 5.05. The Labute approximate surface area is 211 Å². The summed E-state index contributed by atoms with van der Waals surface area (Å²) in [6, 6.07) is 8.13. The summed E-state index contributed by atoms with van der Waals surface area (Å²) in [5.74, 6) is -1.79. The molecule has 1 unspecified atom stereocenters. The third-order valence-electron chi connectivity index (χ3n) is 5.67. The van der Waals surface area contributed by atoms with Crippen LogP contribution in [0, 0.1) is 11.6 Å². The number of halogens is 2. The molecule has 0 bridgehead atoms. The average Bonchev–Trinajstić information content (AvgIpc) is 3.34. The molecule has 37 heavy (non-hydrogen) atoms. The van der Waals surface area contributed by atoms with Gasteiger partial charge in [-0.1, -0.05) is 12.1 Å². The van der Waals surface area contributed by atoms with Gasteiger partial charge in [-0.3, -0.25) is 0 Å². The van der Waals surface area contributed by atoms with E-state index in [1.807, 2.05) is 0 Å². The second kappa shape index (κ2) is 10.7. The third kappa shape index (κ3) is 5.33. The minimum atomic E-state index is -3.98. The molecule has 10 nitrogen and oxygen atoms in total. The molecule has 0 amide bonds. The number of aliphatic hydroxyl groups is 1. The van der Waals surface area contributed by atoms with E-state index < -0.39 is 31.6 Å². The van der Waals surface area contributed by atoms with Crippen LogP contribution in [0.5, 0.6) is 0 Å². The Morgan fingerprint density at radius 2 is 1.86 bits per heavy atom. The van der Waals surface area contributed by atoms with Crippen molar-refractivity contribution in [3.8, 4) is 34.3 Å². The SMILES string of the molecule is CNCc1ccc(-c2nnc(-c3nc(-c4ccc(S(=O)(=O)C(C)CCO)c(F)c4)cnc3N)o2)c(F)c1. The Bertz CT molecular complexity index is 1540. The highest BCUT2D eigenvalue weighted by Crippen LogP contribution is 2.31. The average molecular weight is 531 g/mol. The molecule has 0 aliphatic rings. The van der Waals surface area contributed by atoms with E-state index in [1.54, 1.807) is 13.1 Å². The standard InChI is InChI=1S/C24H24F2N6O4S/c1-13(7-8-33)37(34,35)20-6-4-15(10-18(20)26)19-12-29-22(27)21(30-19)24-32-31-23(36-24)16-5-3-14(11-28-2)9-17(16)25/h3-6,9-10,12-13,28,33H,7-8,11H2,1-2H3,(H2,27,29). The molecule has 0 saturated carbocycles. The zero-order valence-corrected chi connectivity index (χ0v) is 20.8. The van der Waals surface area contributed by atoms with Gasteiger partial charge in [-0.25, -0.2) is 27.2 Å². The first-order valence-electron chi connectivity index (χ1n) is 11.2. The first-order valence-corrected chi connectivity index (χ1v) is 12.7. The molecule has 0 saturated heterocycles. The van der Waals surface area contributed by atoms with Gasteiger partial charge in [0.15, 0.2) is 21.3 Å². The van der Waals surface area contributed by atoms with Gasteiger partial charge in [0.1, 0.15) is 16.5 Å². The van der Waals surface area contributed by atoms with Crippen LogP contribution < -0.4 is 11.1 Å². The van der Waals surface area contributed by atoms with Crippen LogP contribution in [-0.2, 0) is 16.4 Å². The molecule has 0 aliphatic heterocycles. The van der Waals surface area contributed by atoms with Crippen LogP contribution in [0.2, 0.25) is 0 Å². The quantitative estimate of drug-likeness (QED) is 0.294. The maximum absolute atomic E-state index is 14.8. The number of hydrogen-bond donors (Lipinski definition) is 3. The molecule has 1 atom stereocenters. The first-order chi connectivity index (χ1) is 17.6. The fourth-order valence-electron chi connectivity index (χ4n) is 3.61. The van der Waals surface area contributed by atoms with E-state index in [0.717, 1.165) is 17.7 Å². The largest absolute Gasteiger partial charge is 0.414 e. The molecular formula is C24H24F2N6O4S. The van der Waals surface area contributed by atoms with Crippen molar-refractivity contribution in [1.82, 2.24) is 25.5 Å². The maximum Gasteiger partial charge on any atom is 0.270 e. The zero-order chi connectivity index (χ0) is 26.7. The van der Waals surface area contributed by atoms with E-state index in [1.165, 1.54) is 31.3 Å². The lowest BCUT2D eigenvalue weighted by atomic mass is 10.1. The lowest BCUT2D eigenvalue weighted by Crippen LogP contribution is -2.20. The van der Waals surface area contributed by atoms with E-state index in [0.29, 0.717) is 6.54 Å². The highest BCUT2D eigenvalue weighted by molar-refractivity contribution is 7.92. The van der Waals surface area contributed by atoms with Gasteiger partial charge >= 0.3 is 0 Å². The smallest absolute Gasteiger partial charge is 0.270 e. The zero-order valence-electron chi connectivity index (χ0n) is 19.9. The predicted molar refractivity (Wildman–Crippen MR) is 132 cm³/mol. The summed E-state index contributed by atoms with van der Waals surface area (Å²) in [5, 5.41) is 18.8. The number of hydrogen-bond acceptors (Lipinski definition) is 10. The Kier molecular flexibility index (Phi) is 7.57. The summed E-state index contributed by atoms with van der Waals surface area (Å²) >= 11 is 0. The summed E-state index contributed by atoms with van der Waals surface area (Å²) < 4.78 is 60.3. The Hall–Kier alpha value is -3.81. The number of benzene rings is 2. The predicted octanol–water partition coefficient (Wildman–Crippen LogP) is 2.99. The van der Waals surface area contributed by atoms with E-state index in [2.05, 4.69) is 25.5 Å². The van der Waals surface area contributed by atoms with Gasteiger partial charge in [0.05, 0.1) is 22.7 Å². The Morgan fingerprint density at radius 3 is 2.54 bits per heavy atom. The lowest BCUT2D eigenvalue weighted by molar-refractivity contribution is 0.287. The molecule has 0 aliphatic carbocycles. The van der Waals surface area contributed by atoms with Crippen molar-refractivity contribution >= 4 is 15.7 Å². The number of anilines is 1. The number of nitrogens with zero attached hydrogens (tertiary/aromatic N) is 4. The molecule has 4 N–H and O–H groups in total. The molecule has 2 aromatic carbocycles. The van der Waals surface area contributed by atoms with Gasteiger partial charge in [-0.05, 0) is 50.2 Å². The van der Waals surface area contributed by atoms with Gasteiger partial charge in [0.2, 0.25) is 0 Å². The molecule has 194 valence electrons. The molecule has 2 heterocycles. The number of sulfone groups is 1. The second-order valence-electron chi connectivity index (χ2n) is 8.26. The van der Waals surface area contributed by atoms with Crippen molar-refractivity contribution in [2.24, 2.45) is 0 Å². The lowest BCUT2D eigenvalue weighted by Gasteiger charge is -2.13. The molecule has 2 aromatic heterocycles. The van der Waals surface area contributed by atoms with Gasteiger partial charge in [-0.2, -0.15) is 0 Å². The molecule has 4 rings (SSSR count). The summed E-state index contributed by atoms with van der Waals surface area (Å²) in [7, 11) is -2.23. The van der Waals surface area contributed by atoms with Crippen molar-refractivity contribution in [1.29, 1.82) is 0 Å². The van der Waals surface area contributed by atoms with Crippen LogP contribution in [0.1, 0.15) is 18.9 Å². The Balaban J connectivity index is 1.66. The normalized spacial score (nSPS) is 12.6. The van der Waals surface area contributed by atoms with Crippen molar-refractivity contribution < 1.29 is 26.7 Å². The maximum atomic E-state index is 14.8. The number of nitrogen functional groups attached to an aromatic ring is 1. The van der Waals surface area contributed by atoms with Crippen LogP contribution in [0.3, 0.4) is 0 Å². The van der Waals surface area contributed by atoms with Gasteiger partial charge in [-0.15, -0.1) is 10.2 Å². The molecular weight excluding hydrogens is 506 g/mol. The number of aromatic nitrogens is 4. The number of nitrogens with two attached hydrogens (primary N) is 1. The van der Waals surface area contributed by atoms with Crippen LogP contribution in [0.4, 0.5) is 14.6 Å². The molecule has 13 heteroatoms. The fraction of sp³-hybridized carbons (Fsp3) is 0.250. The van der Waals surface area contributed by atoms with Crippen LogP contribution >= 0.6 is 0 Å². The summed E-state index contributed by atoms with van der Waals surface area (Å²) in [5.41, 5.74) is 7.17. The molecule has 0 fully saturated rings. The van der Waals surface area contributed by atoms with Crippen LogP contribution in [-0.4, -0.2) is 52.6 Å². The monoisotopic (exact) mass is 530 g/mol. The third-order valence-corrected chi connectivity index (χ3v) is 7.91. The molecule has 4 aromatic rings. The van der Waals surface area contributed by atoms with Crippen molar-refractivity contribution in [2.75, 3.05) is 19.4 Å². The van der Waals surface area contributed by atoms with Crippen LogP contribution in [0.25, 0.3) is 34.3 Å². The number of aliphatic hydroxyl groups excluding tert-OH is 1. The van der Waals surface area contributed by atoms with Gasteiger partial charge < -0.3 is 20.6 Å². The number of nitrogens with one attached hydrogen (secondary N) is 1. The molecule has 0 spiro atoms. The van der Waals surface area contributed by atoms with Gasteiger partial charge in [0.25, 0.3) is 11.8 Å². The van der Waals surface area contributed by atoms with Crippen molar-refractivity contribution in [3.05, 3.63) is 59.8 Å². The van der Waals surface area contributed by atoms with E-state index >= 15 is 0 Å². The molecule has 0 radical (unpaired) electrons. The minimum absolute atomic E-state index is 0.00265. The first kappa shape index (κ1) is 26.3. The van der Waals surface area contributed by atoms with Crippen LogP contribution in [0.15, 0.2) is 51.9 Å². The van der Waals surface area contributed by atoms with Crippen molar-refractivity contribution in [2.45, 2.75) is 30.0 Å². The van der Waals surface area contributed by atoms with E-state index in [4.69, 9.17) is 15.3 Å². The van der Waals surface area contributed by atoms with Gasteiger partial charge in [0, 0.05) is 18.7 Å². The van der Waals surface area contributed by atoms with E-state index in [-0.39, 0.29) is 53.1 Å². The Morgan fingerprint density at radius 1 is 1.11 bits per heavy atom. The minimum Gasteiger partial charge on any atom is -0.414 e.